The minimum absolute atomic E-state index is 0.0294. The Balaban J connectivity index is 1.61. The number of nitrogens with zero attached hydrogens (tertiary/aromatic N) is 1. The summed E-state index contributed by atoms with van der Waals surface area (Å²) in [6.45, 7) is 2.23. The van der Waals surface area contributed by atoms with E-state index < -0.39 is 31.8 Å². The van der Waals surface area contributed by atoms with E-state index in [-0.39, 0.29) is 44.3 Å². The molecule has 0 bridgehead atoms. The molecule has 0 radical (unpaired) electrons. The summed E-state index contributed by atoms with van der Waals surface area (Å²) >= 11 is 0. The van der Waals surface area contributed by atoms with Crippen LogP contribution in [-0.2, 0) is 20.0 Å². The average Bonchev–Trinajstić information content (AvgIpc) is 2.93. The Morgan fingerprint density at radius 1 is 0.925 bits per heavy atom. The topological polar surface area (TPSA) is 131 Å². The molecule has 13 heteroatoms. The first-order valence-corrected chi connectivity index (χ1v) is 15.4. The highest BCUT2D eigenvalue weighted by atomic mass is 32.2. The molecule has 0 unspecified atom stereocenters. The highest BCUT2D eigenvalue weighted by Gasteiger charge is 2.33. The first-order valence-electron chi connectivity index (χ1n) is 12.4. The Labute approximate surface area is 233 Å². The Kier molecular flexibility index (Phi) is 8.66. The SMILES string of the molecule is COc1ccc(NC(=O)c2ccc(OC)c(S(=O)(=O)N3CCCC[C@@H]3C)c2)cc1NS(=O)(=O)c1ccc(F)cc1. The van der Waals surface area contributed by atoms with Crippen molar-refractivity contribution >= 4 is 37.3 Å². The van der Waals surface area contributed by atoms with E-state index in [9.17, 15) is 26.0 Å². The van der Waals surface area contributed by atoms with Crippen LogP contribution in [0.25, 0.3) is 0 Å². The van der Waals surface area contributed by atoms with Crippen LogP contribution < -0.4 is 19.5 Å². The third kappa shape index (κ3) is 6.21. The monoisotopic (exact) mass is 591 g/mol. The Hall–Kier alpha value is -3.68. The molecule has 0 aliphatic carbocycles. The van der Waals surface area contributed by atoms with Crippen molar-refractivity contribution < 1.29 is 35.5 Å². The number of rotatable bonds is 9. The maximum absolute atomic E-state index is 13.5. The third-order valence-electron chi connectivity index (χ3n) is 6.58. The molecule has 10 nitrogen and oxygen atoms in total. The van der Waals surface area contributed by atoms with Gasteiger partial charge in [-0.25, -0.2) is 21.2 Å². The lowest BCUT2D eigenvalue weighted by molar-refractivity contribution is 0.102. The molecule has 1 saturated heterocycles. The van der Waals surface area contributed by atoms with Gasteiger partial charge in [0, 0.05) is 23.8 Å². The minimum atomic E-state index is -4.10. The van der Waals surface area contributed by atoms with Crippen LogP contribution in [0.3, 0.4) is 0 Å². The fourth-order valence-electron chi connectivity index (χ4n) is 4.46. The number of benzene rings is 3. The molecule has 1 heterocycles. The number of hydrogen-bond acceptors (Lipinski definition) is 7. The van der Waals surface area contributed by atoms with Crippen LogP contribution in [-0.4, -0.2) is 53.9 Å². The summed E-state index contributed by atoms with van der Waals surface area (Å²) in [5, 5.41) is 2.66. The molecular formula is C27H30FN3O7S2. The van der Waals surface area contributed by atoms with Crippen LogP contribution in [0.2, 0.25) is 0 Å². The Morgan fingerprint density at radius 2 is 1.60 bits per heavy atom. The number of hydrogen-bond donors (Lipinski definition) is 2. The fourth-order valence-corrected chi connectivity index (χ4v) is 7.40. The molecule has 3 aromatic rings. The van der Waals surface area contributed by atoms with Crippen molar-refractivity contribution in [2.24, 2.45) is 0 Å². The quantitative estimate of drug-likeness (QED) is 0.376. The first kappa shape index (κ1) is 29.3. The van der Waals surface area contributed by atoms with E-state index >= 15 is 0 Å². The van der Waals surface area contributed by atoms with Gasteiger partial charge in [-0.3, -0.25) is 9.52 Å². The van der Waals surface area contributed by atoms with Gasteiger partial charge in [0.05, 0.1) is 24.8 Å². The van der Waals surface area contributed by atoms with Crippen LogP contribution in [0.4, 0.5) is 15.8 Å². The summed E-state index contributed by atoms with van der Waals surface area (Å²) < 4.78 is 80.3. The van der Waals surface area contributed by atoms with Crippen LogP contribution in [0.15, 0.2) is 70.5 Å². The van der Waals surface area contributed by atoms with Gasteiger partial charge in [0.15, 0.2) is 0 Å². The van der Waals surface area contributed by atoms with Crippen molar-refractivity contribution in [1.29, 1.82) is 0 Å². The maximum Gasteiger partial charge on any atom is 0.262 e. The molecule has 0 aromatic heterocycles. The molecule has 2 N–H and O–H groups in total. The van der Waals surface area contributed by atoms with Crippen molar-refractivity contribution in [3.05, 3.63) is 72.0 Å². The number of halogens is 1. The summed E-state index contributed by atoms with van der Waals surface area (Å²) in [6.07, 6.45) is 2.43. The number of methoxy groups -OCH3 is 2. The maximum atomic E-state index is 13.5. The summed E-state index contributed by atoms with van der Waals surface area (Å²) in [5.74, 6) is -0.905. The van der Waals surface area contributed by atoms with Crippen molar-refractivity contribution in [2.75, 3.05) is 30.8 Å². The highest BCUT2D eigenvalue weighted by Crippen LogP contribution is 2.33. The zero-order valence-corrected chi connectivity index (χ0v) is 23.8. The van der Waals surface area contributed by atoms with Gasteiger partial charge >= 0.3 is 0 Å². The van der Waals surface area contributed by atoms with E-state index in [2.05, 4.69) is 10.0 Å². The number of sulfonamides is 2. The van der Waals surface area contributed by atoms with Crippen LogP contribution in [0.5, 0.6) is 11.5 Å². The van der Waals surface area contributed by atoms with E-state index in [1.165, 1.54) is 54.9 Å². The summed E-state index contributed by atoms with van der Waals surface area (Å²) in [5.41, 5.74) is 0.308. The van der Waals surface area contributed by atoms with Gasteiger partial charge in [-0.1, -0.05) is 6.42 Å². The molecule has 0 spiro atoms. The van der Waals surface area contributed by atoms with Crippen molar-refractivity contribution in [3.63, 3.8) is 0 Å². The average molecular weight is 592 g/mol. The number of ether oxygens (including phenoxy) is 2. The zero-order chi connectivity index (χ0) is 29.1. The molecule has 3 aromatic carbocycles. The molecule has 1 amide bonds. The van der Waals surface area contributed by atoms with Crippen LogP contribution in [0, 0.1) is 5.82 Å². The largest absolute Gasteiger partial charge is 0.495 e. The second-order valence-corrected chi connectivity index (χ2v) is 12.8. The highest BCUT2D eigenvalue weighted by molar-refractivity contribution is 7.92. The second-order valence-electron chi connectivity index (χ2n) is 9.25. The fraction of sp³-hybridized carbons (Fsp3) is 0.296. The number of piperidine rings is 1. The first-order chi connectivity index (χ1) is 19.0. The minimum Gasteiger partial charge on any atom is -0.495 e. The zero-order valence-electron chi connectivity index (χ0n) is 22.2. The predicted molar refractivity (Wildman–Crippen MR) is 148 cm³/mol. The number of nitrogens with one attached hydrogen (secondary N) is 2. The van der Waals surface area contributed by atoms with Gasteiger partial charge in [-0.2, -0.15) is 4.31 Å². The van der Waals surface area contributed by atoms with E-state index in [1.54, 1.807) is 0 Å². The van der Waals surface area contributed by atoms with Gasteiger partial charge < -0.3 is 14.8 Å². The lowest BCUT2D eigenvalue weighted by Gasteiger charge is -2.32. The molecule has 1 aliphatic rings. The van der Waals surface area contributed by atoms with Crippen LogP contribution >= 0.6 is 0 Å². The number of carbonyl (C=O) groups is 1. The van der Waals surface area contributed by atoms with E-state index in [0.29, 0.717) is 6.54 Å². The van der Waals surface area contributed by atoms with Crippen molar-refractivity contribution in [2.45, 2.75) is 42.0 Å². The number of anilines is 2. The Morgan fingerprint density at radius 3 is 2.25 bits per heavy atom. The van der Waals surface area contributed by atoms with E-state index in [4.69, 9.17) is 9.47 Å². The molecular weight excluding hydrogens is 561 g/mol. The second kappa shape index (κ2) is 11.8. The molecule has 1 aliphatic heterocycles. The third-order valence-corrected chi connectivity index (χ3v) is 10.00. The smallest absolute Gasteiger partial charge is 0.262 e. The molecule has 0 saturated carbocycles. The Bertz CT molecular complexity index is 1610. The molecule has 4 rings (SSSR count). The van der Waals surface area contributed by atoms with Gasteiger partial charge in [0.2, 0.25) is 10.0 Å². The van der Waals surface area contributed by atoms with Crippen molar-refractivity contribution in [3.8, 4) is 11.5 Å². The van der Waals surface area contributed by atoms with Gasteiger partial charge in [0.25, 0.3) is 15.9 Å². The van der Waals surface area contributed by atoms with E-state index in [1.807, 2.05) is 6.92 Å². The summed E-state index contributed by atoms with van der Waals surface area (Å²) in [7, 11) is -5.32. The molecule has 1 atom stereocenters. The standard InChI is InChI=1S/C27H30FN3O7S2/c1-18-6-4-5-15-31(18)40(35,36)26-16-19(7-13-25(26)38-3)27(32)29-21-10-14-24(37-2)23(17-21)30-39(33,34)22-11-8-20(28)9-12-22/h7-14,16-18,30H,4-6,15H2,1-3H3,(H,29,32)/t18-/m0/s1. The number of amides is 1. The number of carbonyl (C=O) groups excluding carboxylic acids is 1. The lowest BCUT2D eigenvalue weighted by Crippen LogP contribution is -2.42. The molecule has 214 valence electrons. The van der Waals surface area contributed by atoms with Gasteiger partial charge in [0.1, 0.15) is 22.2 Å². The van der Waals surface area contributed by atoms with Gasteiger partial charge in [-0.15, -0.1) is 0 Å². The molecule has 40 heavy (non-hydrogen) atoms. The normalized spacial score (nSPS) is 16.2. The van der Waals surface area contributed by atoms with Gasteiger partial charge in [-0.05, 0) is 80.4 Å². The summed E-state index contributed by atoms with van der Waals surface area (Å²) in [4.78, 5) is 12.9. The van der Waals surface area contributed by atoms with E-state index in [0.717, 1.165) is 43.5 Å². The summed E-state index contributed by atoms with van der Waals surface area (Å²) in [6, 6.07) is 12.6. The molecule has 1 fully saturated rings. The van der Waals surface area contributed by atoms with Crippen molar-refractivity contribution in [1.82, 2.24) is 4.31 Å². The van der Waals surface area contributed by atoms with Crippen LogP contribution in [0.1, 0.15) is 36.5 Å². The lowest BCUT2D eigenvalue weighted by atomic mass is 10.1. The predicted octanol–water partition coefficient (Wildman–Crippen LogP) is 4.46.